The summed E-state index contributed by atoms with van der Waals surface area (Å²) in [6, 6.07) is 14.2. The highest BCUT2D eigenvalue weighted by Crippen LogP contribution is 2.35. The molecule has 0 spiro atoms. The number of benzene rings is 2. The van der Waals surface area contributed by atoms with Gasteiger partial charge in [-0.15, -0.1) is 11.3 Å². The van der Waals surface area contributed by atoms with Crippen molar-refractivity contribution in [3.8, 4) is 5.75 Å². The van der Waals surface area contributed by atoms with Crippen LogP contribution in [0.15, 0.2) is 48.5 Å². The van der Waals surface area contributed by atoms with E-state index in [9.17, 15) is 14.0 Å². The first-order valence-electron chi connectivity index (χ1n) is 9.97. The summed E-state index contributed by atoms with van der Waals surface area (Å²) in [7, 11) is 0. The van der Waals surface area contributed by atoms with E-state index in [2.05, 4.69) is 0 Å². The average Bonchev–Trinajstić information content (AvgIpc) is 2.94. The summed E-state index contributed by atoms with van der Waals surface area (Å²) in [6.07, 6.45) is 0.723. The summed E-state index contributed by atoms with van der Waals surface area (Å²) in [5.74, 6) is 0.199. The number of ether oxygens (including phenoxy) is 1. The molecule has 1 saturated heterocycles. The van der Waals surface area contributed by atoms with Crippen LogP contribution < -0.4 is 4.74 Å². The van der Waals surface area contributed by atoms with E-state index in [1.165, 1.54) is 17.4 Å². The molecule has 156 valence electrons. The van der Waals surface area contributed by atoms with Crippen molar-refractivity contribution in [2.24, 2.45) is 0 Å². The topological polar surface area (TPSA) is 49.9 Å². The molecule has 0 bridgehead atoms. The Hall–Kier alpha value is -2.93. The number of rotatable bonds is 4. The van der Waals surface area contributed by atoms with Gasteiger partial charge in [-0.1, -0.05) is 24.3 Å². The highest BCUT2D eigenvalue weighted by atomic mass is 32.1. The van der Waals surface area contributed by atoms with Gasteiger partial charge < -0.3 is 14.5 Å². The first-order valence-corrected chi connectivity index (χ1v) is 10.8. The zero-order valence-electron chi connectivity index (χ0n) is 16.8. The third-order valence-corrected chi connectivity index (χ3v) is 6.50. The molecule has 0 saturated carbocycles. The van der Waals surface area contributed by atoms with E-state index in [1.54, 1.807) is 22.8 Å². The molecule has 2 aromatic carbocycles. The Morgan fingerprint density at radius 2 is 1.73 bits per heavy atom. The predicted octanol–water partition coefficient (Wildman–Crippen LogP) is 4.31. The van der Waals surface area contributed by atoms with Crippen LogP contribution in [-0.4, -0.2) is 47.8 Å². The summed E-state index contributed by atoms with van der Waals surface area (Å²) < 4.78 is 21.3. The Kier molecular flexibility index (Phi) is 5.99. The summed E-state index contributed by atoms with van der Waals surface area (Å²) in [4.78, 5) is 29.1. The number of nitrogens with zero attached hydrogens (tertiary/aromatic N) is 2. The van der Waals surface area contributed by atoms with Crippen LogP contribution in [0.3, 0.4) is 0 Å². The standard InChI is InChI=1S/C23H23FN2O3S/c1-16(27)25-11-6-12-26(14-13-25)23(28)22-18(15-29-17-7-3-2-4-8-17)21-19(24)9-5-10-20(21)30-22/h2-5,7-10H,6,11-15H2,1H3. The van der Waals surface area contributed by atoms with Crippen LogP contribution in [0.5, 0.6) is 5.75 Å². The molecule has 2 amide bonds. The van der Waals surface area contributed by atoms with E-state index < -0.39 is 0 Å². The summed E-state index contributed by atoms with van der Waals surface area (Å²) in [6.45, 7) is 3.84. The molecule has 0 unspecified atom stereocenters. The molecule has 4 rings (SSSR count). The second-order valence-electron chi connectivity index (χ2n) is 7.28. The van der Waals surface area contributed by atoms with Gasteiger partial charge in [0.25, 0.3) is 5.91 Å². The third-order valence-electron chi connectivity index (χ3n) is 5.31. The van der Waals surface area contributed by atoms with Crippen LogP contribution in [0, 0.1) is 5.82 Å². The average molecular weight is 427 g/mol. The van der Waals surface area contributed by atoms with Crippen molar-refractivity contribution in [2.45, 2.75) is 20.0 Å². The van der Waals surface area contributed by atoms with Crippen molar-refractivity contribution in [3.63, 3.8) is 0 Å². The zero-order chi connectivity index (χ0) is 21.1. The maximum absolute atomic E-state index is 14.7. The van der Waals surface area contributed by atoms with Gasteiger partial charge in [-0.05, 0) is 30.7 Å². The van der Waals surface area contributed by atoms with Gasteiger partial charge in [0.05, 0.1) is 4.88 Å². The third kappa shape index (κ3) is 4.16. The van der Waals surface area contributed by atoms with Crippen LogP contribution in [0.1, 0.15) is 28.6 Å². The lowest BCUT2D eigenvalue weighted by Gasteiger charge is -2.21. The second kappa shape index (κ2) is 8.83. The van der Waals surface area contributed by atoms with Gasteiger partial charge in [0.1, 0.15) is 18.2 Å². The van der Waals surface area contributed by atoms with Crippen LogP contribution in [0.2, 0.25) is 0 Å². The summed E-state index contributed by atoms with van der Waals surface area (Å²) >= 11 is 1.30. The first kappa shape index (κ1) is 20.3. The fourth-order valence-corrected chi connectivity index (χ4v) is 4.92. The molecule has 1 fully saturated rings. The normalized spacial score (nSPS) is 14.6. The Balaban J connectivity index is 1.65. The second-order valence-corrected chi connectivity index (χ2v) is 8.33. The summed E-state index contributed by atoms with van der Waals surface area (Å²) in [5.41, 5.74) is 0.578. The number of halogens is 1. The quantitative estimate of drug-likeness (QED) is 0.625. The Morgan fingerprint density at radius 1 is 1.00 bits per heavy atom. The van der Waals surface area contributed by atoms with Gasteiger partial charge in [0, 0.05) is 48.8 Å². The van der Waals surface area contributed by atoms with Crippen LogP contribution in [0.25, 0.3) is 10.1 Å². The minimum absolute atomic E-state index is 0.0187. The SMILES string of the molecule is CC(=O)N1CCCN(C(=O)c2sc3cccc(F)c3c2COc2ccccc2)CC1. The van der Waals surface area contributed by atoms with Gasteiger partial charge in [0.2, 0.25) is 5.91 Å². The smallest absolute Gasteiger partial charge is 0.264 e. The largest absolute Gasteiger partial charge is 0.489 e. The van der Waals surface area contributed by atoms with Crippen molar-refractivity contribution in [1.29, 1.82) is 0 Å². The van der Waals surface area contributed by atoms with Crippen LogP contribution in [-0.2, 0) is 11.4 Å². The van der Waals surface area contributed by atoms with Crippen LogP contribution >= 0.6 is 11.3 Å². The Labute approximate surface area is 178 Å². The molecule has 0 N–H and O–H groups in total. The van der Waals surface area contributed by atoms with E-state index in [-0.39, 0.29) is 24.2 Å². The lowest BCUT2D eigenvalue weighted by Crippen LogP contribution is -2.36. The molecule has 3 aromatic rings. The molecule has 0 aliphatic carbocycles. The monoisotopic (exact) mass is 426 g/mol. The number of para-hydroxylation sites is 1. The zero-order valence-corrected chi connectivity index (χ0v) is 17.6. The fourth-order valence-electron chi connectivity index (χ4n) is 3.73. The number of fused-ring (bicyclic) bond motifs is 1. The maximum atomic E-state index is 14.7. The molecule has 30 heavy (non-hydrogen) atoms. The predicted molar refractivity (Wildman–Crippen MR) is 115 cm³/mol. The van der Waals surface area contributed by atoms with Gasteiger partial charge in [-0.2, -0.15) is 0 Å². The van der Waals surface area contributed by atoms with E-state index in [1.807, 2.05) is 36.4 Å². The lowest BCUT2D eigenvalue weighted by atomic mass is 10.1. The van der Waals surface area contributed by atoms with Crippen molar-refractivity contribution in [2.75, 3.05) is 26.2 Å². The number of hydrogen-bond acceptors (Lipinski definition) is 4. The minimum Gasteiger partial charge on any atom is -0.489 e. The molecule has 1 aliphatic rings. The van der Waals surface area contributed by atoms with E-state index in [0.717, 1.165) is 11.1 Å². The Morgan fingerprint density at radius 3 is 2.50 bits per heavy atom. The number of hydrogen-bond donors (Lipinski definition) is 0. The minimum atomic E-state index is -0.354. The van der Waals surface area contributed by atoms with Gasteiger partial charge in [0.15, 0.2) is 0 Å². The maximum Gasteiger partial charge on any atom is 0.264 e. The molecule has 1 aromatic heterocycles. The molecule has 1 aliphatic heterocycles. The number of carbonyl (C=O) groups excluding carboxylic acids is 2. The Bertz CT molecular complexity index is 1070. The molecular formula is C23H23FN2O3S. The number of carbonyl (C=O) groups is 2. The summed E-state index contributed by atoms with van der Waals surface area (Å²) in [5, 5.41) is 0.446. The molecule has 5 nitrogen and oxygen atoms in total. The highest BCUT2D eigenvalue weighted by Gasteiger charge is 2.27. The first-order chi connectivity index (χ1) is 14.5. The van der Waals surface area contributed by atoms with Gasteiger partial charge in [-0.25, -0.2) is 4.39 Å². The van der Waals surface area contributed by atoms with Crippen molar-refractivity contribution in [3.05, 3.63) is 64.8 Å². The van der Waals surface area contributed by atoms with Crippen molar-refractivity contribution in [1.82, 2.24) is 9.80 Å². The fraction of sp³-hybridized carbons (Fsp3) is 0.304. The molecule has 7 heteroatoms. The van der Waals surface area contributed by atoms with Gasteiger partial charge in [-0.3, -0.25) is 9.59 Å². The van der Waals surface area contributed by atoms with Crippen molar-refractivity contribution >= 4 is 33.2 Å². The van der Waals surface area contributed by atoms with E-state index >= 15 is 0 Å². The van der Waals surface area contributed by atoms with Crippen molar-refractivity contribution < 1.29 is 18.7 Å². The van der Waals surface area contributed by atoms with E-state index in [0.29, 0.717) is 47.8 Å². The molecule has 0 radical (unpaired) electrons. The lowest BCUT2D eigenvalue weighted by molar-refractivity contribution is -0.128. The van der Waals surface area contributed by atoms with E-state index in [4.69, 9.17) is 4.74 Å². The van der Waals surface area contributed by atoms with Gasteiger partial charge >= 0.3 is 0 Å². The number of thiophene rings is 1. The number of amides is 2. The molecule has 2 heterocycles. The van der Waals surface area contributed by atoms with Crippen LogP contribution in [0.4, 0.5) is 4.39 Å². The molecular weight excluding hydrogens is 403 g/mol. The highest BCUT2D eigenvalue weighted by molar-refractivity contribution is 7.21. The molecule has 0 atom stereocenters.